The molecule has 0 saturated heterocycles. The molecule has 2 heterocycles. The van der Waals surface area contributed by atoms with Gasteiger partial charge in [-0.25, -0.2) is 0 Å². The highest BCUT2D eigenvalue weighted by molar-refractivity contribution is 7.42. The Labute approximate surface area is 318 Å². The van der Waals surface area contributed by atoms with Crippen molar-refractivity contribution in [3.8, 4) is 22.6 Å². The van der Waals surface area contributed by atoms with Crippen molar-refractivity contribution in [3.63, 3.8) is 0 Å². The summed E-state index contributed by atoms with van der Waals surface area (Å²) < 4.78 is 12.5. The van der Waals surface area contributed by atoms with Gasteiger partial charge in [-0.2, -0.15) is 0 Å². The van der Waals surface area contributed by atoms with E-state index in [2.05, 4.69) is 161 Å². The fourth-order valence-electron chi connectivity index (χ4n) is 6.84. The molecular formula is C48H64O2P2. The van der Waals surface area contributed by atoms with Gasteiger partial charge in [0, 0.05) is 31.6 Å². The van der Waals surface area contributed by atoms with Gasteiger partial charge in [0.05, 0.1) is 12.5 Å². The first-order valence-corrected chi connectivity index (χ1v) is 20.8. The zero-order chi connectivity index (χ0) is 39.0. The van der Waals surface area contributed by atoms with Crippen LogP contribution in [0.5, 0.6) is 0 Å². The third-order valence-electron chi connectivity index (χ3n) is 10.1. The van der Waals surface area contributed by atoms with Crippen molar-refractivity contribution in [2.75, 3.05) is 0 Å². The molecule has 0 aliphatic rings. The second-order valence-electron chi connectivity index (χ2n) is 21.0. The Morgan fingerprint density at radius 2 is 0.654 bits per heavy atom. The van der Waals surface area contributed by atoms with Gasteiger partial charge in [0.1, 0.15) is 11.5 Å². The molecular weight excluding hydrogens is 670 g/mol. The van der Waals surface area contributed by atoms with E-state index >= 15 is 0 Å². The van der Waals surface area contributed by atoms with E-state index in [1.165, 1.54) is 70.3 Å². The number of hydrogen-bond donors (Lipinski definition) is 0. The van der Waals surface area contributed by atoms with E-state index in [0.717, 1.165) is 22.6 Å². The van der Waals surface area contributed by atoms with Crippen molar-refractivity contribution >= 4 is 27.0 Å². The molecule has 0 unspecified atom stereocenters. The Hall–Kier alpha value is -2.92. The van der Waals surface area contributed by atoms with E-state index in [4.69, 9.17) is 8.83 Å². The Morgan fingerprint density at radius 1 is 0.385 bits per heavy atom. The SMILES string of the molecule is CC(C)(C)c1cc(C(C)(C)C)c(P=c2c(-c3ccco3)c(-c3ccco3)c2=Pc2c(C(C)(C)C)cc(C(C)(C)C)cc2C(C)(C)C)c(C(C)(C)C)c1. The molecule has 0 saturated carbocycles. The van der Waals surface area contributed by atoms with Crippen molar-refractivity contribution in [1.82, 2.24) is 0 Å². The van der Waals surface area contributed by atoms with Crippen LogP contribution in [0.25, 0.3) is 22.6 Å². The van der Waals surface area contributed by atoms with E-state index in [1.807, 2.05) is 12.1 Å². The van der Waals surface area contributed by atoms with Crippen LogP contribution in [0.3, 0.4) is 0 Å². The molecule has 0 radical (unpaired) electrons. The van der Waals surface area contributed by atoms with Gasteiger partial charge in [0.15, 0.2) is 0 Å². The summed E-state index contributed by atoms with van der Waals surface area (Å²) in [4.78, 5) is 2.64. The molecule has 5 rings (SSSR count). The molecule has 0 aliphatic carbocycles. The highest BCUT2D eigenvalue weighted by atomic mass is 31.1. The van der Waals surface area contributed by atoms with Gasteiger partial charge in [0.2, 0.25) is 0 Å². The predicted molar refractivity (Wildman–Crippen MR) is 229 cm³/mol. The summed E-state index contributed by atoms with van der Waals surface area (Å²) in [5.41, 5.74) is 10.6. The van der Waals surface area contributed by atoms with E-state index in [-0.39, 0.29) is 32.5 Å². The minimum absolute atomic E-state index is 0.0343. The van der Waals surface area contributed by atoms with Crippen LogP contribution in [0.4, 0.5) is 0 Å². The molecule has 3 aromatic carbocycles. The fraction of sp³-hybridized carbons (Fsp3) is 0.500. The molecule has 0 aliphatic heterocycles. The molecule has 0 bridgehead atoms. The first-order chi connectivity index (χ1) is 23.6. The lowest BCUT2D eigenvalue weighted by atomic mass is 9.75. The minimum Gasteiger partial charge on any atom is -0.464 e. The maximum Gasteiger partial charge on any atom is 0.135 e. The van der Waals surface area contributed by atoms with Crippen LogP contribution in [0.2, 0.25) is 0 Å². The molecule has 0 spiro atoms. The standard InChI is InChI=1S/C48H64O2P2/c1-43(2,3)29-25-31(45(7,8)9)39(32(26-29)46(10,11)12)51-41-37(35-21-19-23-49-35)38(36-22-20-24-50-36)42(41)52-40-33(47(13,14)15)27-30(44(4,5)6)28-34(40)48(16,17)18/h19-28H,1-18H3. The molecule has 0 atom stereocenters. The smallest absolute Gasteiger partial charge is 0.135 e. The molecule has 0 N–H and O–H groups in total. The molecule has 5 aromatic rings. The number of rotatable bonds is 4. The summed E-state index contributed by atoms with van der Waals surface area (Å²) in [6, 6.07) is 18.2. The first-order valence-electron chi connectivity index (χ1n) is 19.0. The first kappa shape index (κ1) is 40.3. The zero-order valence-electron chi connectivity index (χ0n) is 35.5. The largest absolute Gasteiger partial charge is 0.464 e. The number of furan rings is 2. The van der Waals surface area contributed by atoms with Crippen molar-refractivity contribution in [3.05, 3.63) is 104 Å². The summed E-state index contributed by atoms with van der Waals surface area (Å²) in [6.45, 7) is 42.4. The maximum atomic E-state index is 6.26. The lowest BCUT2D eigenvalue weighted by molar-refractivity contribution is 0.553. The van der Waals surface area contributed by atoms with E-state index in [9.17, 15) is 0 Å². The van der Waals surface area contributed by atoms with Gasteiger partial charge in [-0.15, -0.1) is 0 Å². The molecule has 0 amide bonds. The van der Waals surface area contributed by atoms with Crippen molar-refractivity contribution in [2.24, 2.45) is 0 Å². The Kier molecular flexibility index (Phi) is 10.4. The Balaban J connectivity index is 2.07. The molecule has 52 heavy (non-hydrogen) atoms. The summed E-state index contributed by atoms with van der Waals surface area (Å²) >= 11 is 0. The van der Waals surface area contributed by atoms with Crippen LogP contribution < -0.4 is 10.6 Å². The van der Waals surface area contributed by atoms with Crippen molar-refractivity contribution < 1.29 is 8.83 Å². The second kappa shape index (κ2) is 13.4. The lowest BCUT2D eigenvalue weighted by Gasteiger charge is -2.33. The second-order valence-corrected chi connectivity index (χ2v) is 23.2. The van der Waals surface area contributed by atoms with Crippen molar-refractivity contribution in [2.45, 2.75) is 157 Å². The van der Waals surface area contributed by atoms with Crippen LogP contribution in [0.15, 0.2) is 69.9 Å². The summed E-state index contributed by atoms with van der Waals surface area (Å²) in [5.74, 6) is 1.79. The Bertz CT molecular complexity index is 1930. The summed E-state index contributed by atoms with van der Waals surface area (Å²) in [5, 5.41) is 2.82. The fourth-order valence-corrected chi connectivity index (χ4v) is 10.8. The quantitative estimate of drug-likeness (QED) is 0.172. The normalized spacial score (nSPS) is 14.6. The van der Waals surface area contributed by atoms with E-state index < -0.39 is 0 Å². The number of benzene rings is 2. The van der Waals surface area contributed by atoms with Crippen molar-refractivity contribution in [1.29, 1.82) is 0 Å². The highest BCUT2D eigenvalue weighted by Gasteiger charge is 2.32. The number of hydrogen-bond acceptors (Lipinski definition) is 2. The van der Waals surface area contributed by atoms with Gasteiger partial charge >= 0.3 is 0 Å². The van der Waals surface area contributed by atoms with Crippen LogP contribution in [0, 0.1) is 9.88 Å². The monoisotopic (exact) mass is 734 g/mol. The predicted octanol–water partition coefficient (Wildman–Crippen LogP) is 14.5. The average molecular weight is 735 g/mol. The zero-order valence-corrected chi connectivity index (χ0v) is 37.3. The van der Waals surface area contributed by atoms with Gasteiger partial charge in [-0.3, -0.25) is 0 Å². The van der Waals surface area contributed by atoms with E-state index in [1.54, 1.807) is 12.5 Å². The van der Waals surface area contributed by atoms with Crippen LogP contribution in [-0.2, 0) is 32.5 Å². The summed E-state index contributed by atoms with van der Waals surface area (Å²) in [7, 11) is 2.39. The average Bonchev–Trinajstić information content (AvgIpc) is 3.69. The summed E-state index contributed by atoms with van der Waals surface area (Å²) in [6.07, 6.45) is 3.60. The Morgan fingerprint density at radius 3 is 0.846 bits per heavy atom. The molecule has 278 valence electrons. The maximum absolute atomic E-state index is 6.26. The van der Waals surface area contributed by atoms with Gasteiger partial charge in [-0.05, 0) is 90.1 Å². The third kappa shape index (κ3) is 8.10. The highest BCUT2D eigenvalue weighted by Crippen LogP contribution is 2.47. The third-order valence-corrected chi connectivity index (χ3v) is 13.0. The molecule has 4 heteroatoms. The van der Waals surface area contributed by atoms with Crippen LogP contribution >= 0.6 is 16.4 Å². The molecule has 2 aromatic heterocycles. The van der Waals surface area contributed by atoms with Gasteiger partial charge in [-0.1, -0.05) is 165 Å². The molecule has 2 nitrogen and oxygen atoms in total. The van der Waals surface area contributed by atoms with Gasteiger partial charge < -0.3 is 8.83 Å². The van der Waals surface area contributed by atoms with Crippen LogP contribution in [-0.4, -0.2) is 0 Å². The van der Waals surface area contributed by atoms with Gasteiger partial charge in [0.25, 0.3) is 0 Å². The minimum atomic E-state index is -0.0498. The lowest BCUT2D eigenvalue weighted by Crippen LogP contribution is -2.30. The molecule has 0 fully saturated rings. The van der Waals surface area contributed by atoms with Crippen LogP contribution in [0.1, 0.15) is 158 Å². The topological polar surface area (TPSA) is 26.3 Å². The van der Waals surface area contributed by atoms with E-state index in [0.29, 0.717) is 0 Å².